The molecule has 0 saturated carbocycles. The number of benzene rings is 2. The molecule has 0 unspecified atom stereocenters. The molecular weight excluding hydrogens is 383 g/mol. The van der Waals surface area contributed by atoms with Crippen molar-refractivity contribution in [2.24, 2.45) is 5.92 Å². The number of amides is 1. The first-order chi connectivity index (χ1) is 12.9. The lowest BCUT2D eigenvalue weighted by atomic mass is 10.1. The van der Waals surface area contributed by atoms with Crippen LogP contribution in [0.5, 0.6) is 5.75 Å². The average Bonchev–Trinajstić information content (AvgIpc) is 2.59. The van der Waals surface area contributed by atoms with Gasteiger partial charge in [-0.05, 0) is 48.2 Å². The highest BCUT2D eigenvalue weighted by atomic mass is 35.5. The summed E-state index contributed by atoms with van der Waals surface area (Å²) in [6.45, 7) is 7.20. The van der Waals surface area contributed by atoms with Gasteiger partial charge >= 0.3 is 0 Å². The smallest absolute Gasteiger partial charge is 0.224 e. The van der Waals surface area contributed by atoms with Gasteiger partial charge in [-0.2, -0.15) is 0 Å². The molecule has 1 amide bonds. The molecule has 2 N–H and O–H groups in total. The van der Waals surface area contributed by atoms with Crippen molar-refractivity contribution in [1.82, 2.24) is 0 Å². The van der Waals surface area contributed by atoms with Gasteiger partial charge in [0.15, 0.2) is 5.75 Å². The molecule has 0 saturated heterocycles. The highest BCUT2D eigenvalue weighted by Crippen LogP contribution is 2.34. The molecule has 0 bridgehead atoms. The van der Waals surface area contributed by atoms with E-state index in [2.05, 4.69) is 10.6 Å². The molecule has 4 nitrogen and oxygen atoms in total. The molecule has 0 aliphatic carbocycles. The van der Waals surface area contributed by atoms with E-state index in [1.165, 1.54) is 0 Å². The molecule has 2 aromatic carbocycles. The Balaban J connectivity index is 2.00. The number of carbonyl (C=O) groups excluding carboxylic acids is 1. The van der Waals surface area contributed by atoms with Crippen LogP contribution in [0.2, 0.25) is 10.0 Å². The van der Waals surface area contributed by atoms with E-state index in [4.69, 9.17) is 27.9 Å². The second kappa shape index (κ2) is 10.4. The number of hydrogen-bond donors (Lipinski definition) is 2. The van der Waals surface area contributed by atoms with Crippen molar-refractivity contribution in [2.75, 3.05) is 17.2 Å². The molecular formula is C21H26Cl2N2O2. The number of rotatable bonds is 9. The second-order valence-electron chi connectivity index (χ2n) is 6.82. The SMILES string of the molecule is CCCOc1c(Cl)cc(CNc2cccc(NC(=O)CC(C)C)c2)cc1Cl. The third-order valence-electron chi connectivity index (χ3n) is 3.75. The highest BCUT2D eigenvalue weighted by Gasteiger charge is 2.10. The van der Waals surface area contributed by atoms with Crippen molar-refractivity contribution in [3.8, 4) is 5.75 Å². The first-order valence-corrected chi connectivity index (χ1v) is 9.89. The minimum absolute atomic E-state index is 0.0170. The first-order valence-electron chi connectivity index (χ1n) is 9.13. The van der Waals surface area contributed by atoms with Gasteiger partial charge < -0.3 is 15.4 Å². The zero-order valence-corrected chi connectivity index (χ0v) is 17.5. The summed E-state index contributed by atoms with van der Waals surface area (Å²) in [7, 11) is 0. The zero-order valence-electron chi connectivity index (χ0n) is 15.9. The maximum absolute atomic E-state index is 11.9. The Labute approximate surface area is 171 Å². The lowest BCUT2D eigenvalue weighted by Crippen LogP contribution is -2.13. The van der Waals surface area contributed by atoms with Gasteiger partial charge in [-0.15, -0.1) is 0 Å². The van der Waals surface area contributed by atoms with E-state index in [0.717, 1.165) is 23.4 Å². The van der Waals surface area contributed by atoms with Crippen molar-refractivity contribution >= 4 is 40.5 Å². The van der Waals surface area contributed by atoms with Gasteiger partial charge in [-0.3, -0.25) is 4.79 Å². The minimum atomic E-state index is 0.0170. The van der Waals surface area contributed by atoms with Crippen LogP contribution in [0.15, 0.2) is 36.4 Å². The summed E-state index contributed by atoms with van der Waals surface area (Å²) in [4.78, 5) is 11.9. The van der Waals surface area contributed by atoms with Gasteiger partial charge in [-0.1, -0.05) is 50.0 Å². The van der Waals surface area contributed by atoms with Crippen LogP contribution in [0.1, 0.15) is 39.2 Å². The molecule has 2 rings (SSSR count). The number of nitrogens with one attached hydrogen (secondary N) is 2. The fourth-order valence-electron chi connectivity index (χ4n) is 2.55. The van der Waals surface area contributed by atoms with Crippen LogP contribution < -0.4 is 15.4 Å². The van der Waals surface area contributed by atoms with Crippen LogP contribution in [-0.4, -0.2) is 12.5 Å². The number of carbonyl (C=O) groups is 1. The molecule has 0 fully saturated rings. The normalized spacial score (nSPS) is 10.7. The Hall–Kier alpha value is -1.91. The number of ether oxygens (including phenoxy) is 1. The Morgan fingerprint density at radius 3 is 2.41 bits per heavy atom. The van der Waals surface area contributed by atoms with Gasteiger partial charge in [0.2, 0.25) is 5.91 Å². The second-order valence-corrected chi connectivity index (χ2v) is 7.63. The van der Waals surface area contributed by atoms with E-state index in [0.29, 0.717) is 41.3 Å². The fourth-order valence-corrected chi connectivity index (χ4v) is 3.19. The highest BCUT2D eigenvalue weighted by molar-refractivity contribution is 6.37. The van der Waals surface area contributed by atoms with Crippen LogP contribution in [0.3, 0.4) is 0 Å². The number of anilines is 2. The van der Waals surface area contributed by atoms with Crippen LogP contribution in [0.4, 0.5) is 11.4 Å². The quantitative estimate of drug-likeness (QED) is 0.505. The zero-order chi connectivity index (χ0) is 19.8. The largest absolute Gasteiger partial charge is 0.490 e. The van der Waals surface area contributed by atoms with E-state index in [-0.39, 0.29) is 5.91 Å². The number of halogens is 2. The van der Waals surface area contributed by atoms with E-state index < -0.39 is 0 Å². The van der Waals surface area contributed by atoms with Crippen LogP contribution >= 0.6 is 23.2 Å². The van der Waals surface area contributed by atoms with Gasteiger partial charge in [0.25, 0.3) is 0 Å². The van der Waals surface area contributed by atoms with Gasteiger partial charge in [0.05, 0.1) is 16.7 Å². The third-order valence-corrected chi connectivity index (χ3v) is 4.31. The standard InChI is InChI=1S/C21H26Cl2N2O2/c1-4-8-27-21-18(22)10-15(11-19(21)23)13-24-16-6-5-7-17(12-16)25-20(26)9-14(2)3/h5-7,10-12,14,24H,4,8-9,13H2,1-3H3,(H,25,26). The summed E-state index contributed by atoms with van der Waals surface area (Å²) in [6.07, 6.45) is 1.39. The van der Waals surface area contributed by atoms with Gasteiger partial charge in [0, 0.05) is 24.3 Å². The van der Waals surface area contributed by atoms with E-state index in [9.17, 15) is 4.79 Å². The Kier molecular flexibility index (Phi) is 8.26. The van der Waals surface area contributed by atoms with Crippen LogP contribution in [0, 0.1) is 5.92 Å². The Morgan fingerprint density at radius 2 is 1.78 bits per heavy atom. The van der Waals surface area contributed by atoms with E-state index in [1.54, 1.807) is 0 Å². The molecule has 6 heteroatoms. The van der Waals surface area contributed by atoms with Crippen molar-refractivity contribution < 1.29 is 9.53 Å². The summed E-state index contributed by atoms with van der Waals surface area (Å²) in [6, 6.07) is 11.3. The molecule has 2 aromatic rings. The predicted molar refractivity (Wildman–Crippen MR) is 114 cm³/mol. The molecule has 0 aliphatic heterocycles. The monoisotopic (exact) mass is 408 g/mol. The molecule has 27 heavy (non-hydrogen) atoms. The van der Waals surface area contributed by atoms with E-state index >= 15 is 0 Å². The summed E-state index contributed by atoms with van der Waals surface area (Å²) in [5, 5.41) is 7.25. The van der Waals surface area contributed by atoms with Crippen molar-refractivity contribution in [3.63, 3.8) is 0 Å². The van der Waals surface area contributed by atoms with Gasteiger partial charge in [-0.25, -0.2) is 0 Å². The molecule has 0 aromatic heterocycles. The summed E-state index contributed by atoms with van der Waals surface area (Å²) in [5.74, 6) is 0.868. The fraction of sp³-hybridized carbons (Fsp3) is 0.381. The molecule has 146 valence electrons. The maximum Gasteiger partial charge on any atom is 0.224 e. The summed E-state index contributed by atoms with van der Waals surface area (Å²) >= 11 is 12.6. The van der Waals surface area contributed by atoms with Gasteiger partial charge in [0.1, 0.15) is 0 Å². The molecule has 0 aliphatic rings. The topological polar surface area (TPSA) is 50.4 Å². The Bertz CT molecular complexity index is 756. The van der Waals surface area contributed by atoms with Crippen molar-refractivity contribution in [2.45, 2.75) is 40.2 Å². The molecule has 0 radical (unpaired) electrons. The lowest BCUT2D eigenvalue weighted by molar-refractivity contribution is -0.116. The molecule has 0 heterocycles. The number of hydrogen-bond acceptors (Lipinski definition) is 3. The molecule has 0 atom stereocenters. The van der Waals surface area contributed by atoms with Crippen molar-refractivity contribution in [1.29, 1.82) is 0 Å². The lowest BCUT2D eigenvalue weighted by Gasteiger charge is -2.13. The third kappa shape index (κ3) is 6.96. The minimum Gasteiger partial charge on any atom is -0.490 e. The first kappa shape index (κ1) is 21.4. The predicted octanol–water partition coefficient (Wildman–Crippen LogP) is 6.38. The average molecular weight is 409 g/mol. The summed E-state index contributed by atoms with van der Waals surface area (Å²) in [5.41, 5.74) is 2.61. The van der Waals surface area contributed by atoms with E-state index in [1.807, 2.05) is 57.2 Å². The van der Waals surface area contributed by atoms with Crippen LogP contribution in [0.25, 0.3) is 0 Å². The maximum atomic E-state index is 11.9. The van der Waals surface area contributed by atoms with Crippen molar-refractivity contribution in [3.05, 3.63) is 52.0 Å². The van der Waals surface area contributed by atoms with Crippen LogP contribution in [-0.2, 0) is 11.3 Å². The summed E-state index contributed by atoms with van der Waals surface area (Å²) < 4.78 is 5.59. The Morgan fingerprint density at radius 1 is 1.11 bits per heavy atom. The molecule has 0 spiro atoms.